The first-order valence-corrected chi connectivity index (χ1v) is 6.04. The topological polar surface area (TPSA) is 58.4 Å². The second-order valence-corrected chi connectivity index (χ2v) is 4.45. The maximum atomic E-state index is 11.2. The van der Waals surface area contributed by atoms with Crippen molar-refractivity contribution in [2.24, 2.45) is 5.73 Å². The molecule has 3 N–H and O–H groups in total. The van der Waals surface area contributed by atoms with Gasteiger partial charge in [-0.1, -0.05) is 0 Å². The number of benzene rings is 1. The van der Waals surface area contributed by atoms with Gasteiger partial charge in [-0.15, -0.1) is 0 Å². The number of primary amides is 1. The van der Waals surface area contributed by atoms with Crippen molar-refractivity contribution < 1.29 is 4.79 Å². The Labute approximate surface area is 102 Å². The van der Waals surface area contributed by atoms with E-state index >= 15 is 0 Å². The van der Waals surface area contributed by atoms with E-state index in [2.05, 4.69) is 10.2 Å². The van der Waals surface area contributed by atoms with E-state index in [-0.39, 0.29) is 5.91 Å². The van der Waals surface area contributed by atoms with E-state index in [1.807, 2.05) is 25.1 Å². The molecule has 1 amide bonds. The van der Waals surface area contributed by atoms with Gasteiger partial charge >= 0.3 is 0 Å². The molecule has 4 nitrogen and oxygen atoms in total. The molecule has 17 heavy (non-hydrogen) atoms. The molecule has 0 spiro atoms. The first-order valence-electron chi connectivity index (χ1n) is 6.04. The van der Waals surface area contributed by atoms with Crippen LogP contribution in [0, 0.1) is 6.92 Å². The number of amides is 1. The molecule has 0 aliphatic carbocycles. The van der Waals surface area contributed by atoms with Crippen molar-refractivity contribution in [2.75, 3.05) is 31.1 Å². The van der Waals surface area contributed by atoms with Gasteiger partial charge in [0.25, 0.3) is 0 Å². The van der Waals surface area contributed by atoms with Crippen molar-refractivity contribution in [3.63, 3.8) is 0 Å². The van der Waals surface area contributed by atoms with Crippen molar-refractivity contribution in [3.8, 4) is 0 Å². The number of hydrogen-bond acceptors (Lipinski definition) is 3. The number of rotatable bonds is 2. The number of anilines is 1. The van der Waals surface area contributed by atoms with E-state index in [4.69, 9.17) is 5.73 Å². The molecule has 1 aliphatic rings. The number of nitrogens with zero attached hydrogens (tertiary/aromatic N) is 1. The Bertz CT molecular complexity index is 409. The molecular formula is C13H19N3O. The molecule has 1 fully saturated rings. The number of nitrogens with one attached hydrogen (secondary N) is 1. The van der Waals surface area contributed by atoms with E-state index in [0.717, 1.165) is 38.2 Å². The van der Waals surface area contributed by atoms with E-state index < -0.39 is 0 Å². The predicted molar refractivity (Wildman–Crippen MR) is 69.4 cm³/mol. The van der Waals surface area contributed by atoms with Gasteiger partial charge in [-0.25, -0.2) is 0 Å². The first kappa shape index (κ1) is 11.9. The minimum absolute atomic E-state index is 0.355. The molecule has 0 saturated carbocycles. The van der Waals surface area contributed by atoms with Crippen LogP contribution in [-0.2, 0) is 0 Å². The zero-order valence-electron chi connectivity index (χ0n) is 10.2. The van der Waals surface area contributed by atoms with Crippen LogP contribution in [-0.4, -0.2) is 32.1 Å². The quantitative estimate of drug-likeness (QED) is 0.797. The van der Waals surface area contributed by atoms with Gasteiger partial charge in [0.05, 0.1) is 0 Å². The third-order valence-electron chi connectivity index (χ3n) is 3.18. The van der Waals surface area contributed by atoms with E-state index in [9.17, 15) is 4.79 Å². The van der Waals surface area contributed by atoms with Gasteiger partial charge in [0.2, 0.25) is 5.91 Å². The average Bonchev–Trinajstić information content (AvgIpc) is 2.56. The summed E-state index contributed by atoms with van der Waals surface area (Å²) < 4.78 is 0. The molecule has 2 rings (SSSR count). The lowest BCUT2D eigenvalue weighted by Gasteiger charge is -2.23. The summed E-state index contributed by atoms with van der Waals surface area (Å²) in [6.07, 6.45) is 1.15. The fraction of sp³-hybridized carbons (Fsp3) is 0.462. The van der Waals surface area contributed by atoms with Crippen LogP contribution in [0.1, 0.15) is 22.3 Å². The van der Waals surface area contributed by atoms with Crippen LogP contribution < -0.4 is 16.0 Å². The largest absolute Gasteiger partial charge is 0.370 e. The molecule has 0 unspecified atom stereocenters. The summed E-state index contributed by atoms with van der Waals surface area (Å²) in [5.41, 5.74) is 8.05. The highest BCUT2D eigenvalue weighted by atomic mass is 16.1. The van der Waals surface area contributed by atoms with Crippen molar-refractivity contribution in [1.82, 2.24) is 5.32 Å². The van der Waals surface area contributed by atoms with Gasteiger partial charge in [0.1, 0.15) is 0 Å². The highest BCUT2D eigenvalue weighted by molar-refractivity contribution is 5.94. The highest BCUT2D eigenvalue weighted by Gasteiger charge is 2.11. The minimum Gasteiger partial charge on any atom is -0.370 e. The van der Waals surface area contributed by atoms with Crippen molar-refractivity contribution in [2.45, 2.75) is 13.3 Å². The van der Waals surface area contributed by atoms with E-state index in [1.165, 1.54) is 5.69 Å². The van der Waals surface area contributed by atoms with Crippen molar-refractivity contribution >= 4 is 11.6 Å². The van der Waals surface area contributed by atoms with Crippen LogP contribution >= 0.6 is 0 Å². The van der Waals surface area contributed by atoms with Crippen LogP contribution in [0.5, 0.6) is 0 Å². The Morgan fingerprint density at radius 1 is 1.35 bits per heavy atom. The fourth-order valence-electron chi connectivity index (χ4n) is 2.22. The van der Waals surface area contributed by atoms with E-state index in [0.29, 0.717) is 5.56 Å². The molecular weight excluding hydrogens is 214 g/mol. The molecule has 1 saturated heterocycles. The molecule has 4 heteroatoms. The van der Waals surface area contributed by atoms with Crippen LogP contribution in [0.2, 0.25) is 0 Å². The highest BCUT2D eigenvalue weighted by Crippen LogP contribution is 2.19. The van der Waals surface area contributed by atoms with Gasteiger partial charge in [-0.05, 0) is 43.7 Å². The monoisotopic (exact) mass is 233 g/mol. The maximum absolute atomic E-state index is 11.2. The van der Waals surface area contributed by atoms with Crippen LogP contribution in [0.3, 0.4) is 0 Å². The summed E-state index contributed by atoms with van der Waals surface area (Å²) in [4.78, 5) is 13.5. The molecule has 92 valence electrons. The number of aryl methyl sites for hydroxylation is 1. The number of carbonyl (C=O) groups excluding carboxylic acids is 1. The SMILES string of the molecule is Cc1cc(N2CCCNCC2)ccc1C(N)=O. The lowest BCUT2D eigenvalue weighted by Crippen LogP contribution is -2.28. The zero-order valence-corrected chi connectivity index (χ0v) is 10.2. The smallest absolute Gasteiger partial charge is 0.248 e. The van der Waals surface area contributed by atoms with Gasteiger partial charge in [-0.3, -0.25) is 4.79 Å². The molecule has 1 heterocycles. The summed E-state index contributed by atoms with van der Waals surface area (Å²) in [7, 11) is 0. The first-order chi connectivity index (χ1) is 8.18. The fourth-order valence-corrected chi connectivity index (χ4v) is 2.22. The number of hydrogen-bond donors (Lipinski definition) is 2. The molecule has 0 aromatic heterocycles. The van der Waals surface area contributed by atoms with Crippen LogP contribution in [0.4, 0.5) is 5.69 Å². The van der Waals surface area contributed by atoms with Crippen molar-refractivity contribution in [3.05, 3.63) is 29.3 Å². The normalized spacial score (nSPS) is 16.6. The second kappa shape index (κ2) is 5.19. The van der Waals surface area contributed by atoms with Gasteiger partial charge in [0, 0.05) is 30.9 Å². The second-order valence-electron chi connectivity index (χ2n) is 4.45. The maximum Gasteiger partial charge on any atom is 0.248 e. The van der Waals surface area contributed by atoms with Gasteiger partial charge in [0.15, 0.2) is 0 Å². The summed E-state index contributed by atoms with van der Waals surface area (Å²) in [6.45, 7) is 6.09. The van der Waals surface area contributed by atoms with Crippen LogP contribution in [0.15, 0.2) is 18.2 Å². The predicted octanol–water partition coefficient (Wildman–Crippen LogP) is 0.894. The van der Waals surface area contributed by atoms with E-state index in [1.54, 1.807) is 0 Å². The molecule has 0 atom stereocenters. The summed E-state index contributed by atoms with van der Waals surface area (Å²) in [5, 5.41) is 3.38. The molecule has 1 aliphatic heterocycles. The Morgan fingerprint density at radius 3 is 2.88 bits per heavy atom. The third kappa shape index (κ3) is 2.77. The Kier molecular flexibility index (Phi) is 3.64. The van der Waals surface area contributed by atoms with Gasteiger partial charge in [-0.2, -0.15) is 0 Å². The van der Waals surface area contributed by atoms with Crippen LogP contribution in [0.25, 0.3) is 0 Å². The lowest BCUT2D eigenvalue weighted by atomic mass is 10.1. The average molecular weight is 233 g/mol. The third-order valence-corrected chi connectivity index (χ3v) is 3.18. The summed E-state index contributed by atoms with van der Waals surface area (Å²) in [5.74, 6) is -0.355. The summed E-state index contributed by atoms with van der Waals surface area (Å²) >= 11 is 0. The Hall–Kier alpha value is -1.55. The molecule has 1 aromatic carbocycles. The zero-order chi connectivity index (χ0) is 12.3. The minimum atomic E-state index is -0.355. The number of nitrogens with two attached hydrogens (primary N) is 1. The Morgan fingerprint density at radius 2 is 2.18 bits per heavy atom. The molecule has 1 aromatic rings. The Balaban J connectivity index is 2.21. The summed E-state index contributed by atoms with van der Waals surface area (Å²) in [6, 6.07) is 5.86. The van der Waals surface area contributed by atoms with Crippen molar-refractivity contribution in [1.29, 1.82) is 0 Å². The molecule has 0 bridgehead atoms. The standard InChI is InChI=1S/C13H19N3O/c1-10-9-11(3-4-12(10)13(14)17)16-7-2-5-15-6-8-16/h3-4,9,15H,2,5-8H2,1H3,(H2,14,17). The van der Waals surface area contributed by atoms with Gasteiger partial charge < -0.3 is 16.0 Å². The lowest BCUT2D eigenvalue weighted by molar-refractivity contribution is 0.1000. The number of carbonyl (C=O) groups is 1. The molecule has 0 radical (unpaired) electrons.